The van der Waals surface area contributed by atoms with Crippen molar-refractivity contribution in [2.75, 3.05) is 13.7 Å². The molecule has 0 saturated heterocycles. The van der Waals surface area contributed by atoms with Gasteiger partial charge in [0.25, 0.3) is 0 Å². The van der Waals surface area contributed by atoms with E-state index in [9.17, 15) is 4.79 Å². The Morgan fingerprint density at radius 2 is 1.89 bits per heavy atom. The lowest BCUT2D eigenvalue weighted by molar-refractivity contribution is 0.00106. The molecule has 0 fully saturated rings. The maximum Gasteiger partial charge on any atom is 0.197 e. The Morgan fingerprint density at radius 1 is 1.28 bits per heavy atom. The highest BCUT2D eigenvalue weighted by Crippen LogP contribution is 2.30. The second-order valence-electron chi connectivity index (χ2n) is 4.86. The van der Waals surface area contributed by atoms with Crippen LogP contribution in [0.5, 0.6) is 5.75 Å². The number of hydrogen-bond acceptors (Lipinski definition) is 3. The van der Waals surface area contributed by atoms with Crippen LogP contribution in [0.3, 0.4) is 0 Å². The third kappa shape index (κ3) is 2.72. The van der Waals surface area contributed by atoms with Crippen LogP contribution in [0.2, 0.25) is 0 Å². The van der Waals surface area contributed by atoms with Gasteiger partial charge in [-0.05, 0) is 51.8 Å². The lowest BCUT2D eigenvalue weighted by atomic mass is 9.93. The minimum Gasteiger partial charge on any atom is -0.496 e. The topological polar surface area (TPSA) is 35.5 Å². The van der Waals surface area contributed by atoms with Crippen molar-refractivity contribution in [3.63, 3.8) is 0 Å². The van der Waals surface area contributed by atoms with E-state index in [-0.39, 0.29) is 5.78 Å². The van der Waals surface area contributed by atoms with Crippen LogP contribution < -0.4 is 4.74 Å². The maximum absolute atomic E-state index is 12.5. The van der Waals surface area contributed by atoms with Crippen molar-refractivity contribution < 1.29 is 14.3 Å². The zero-order chi connectivity index (χ0) is 13.9. The average Bonchev–Trinajstić information content (AvgIpc) is 2.31. The van der Waals surface area contributed by atoms with Gasteiger partial charge in [-0.15, -0.1) is 0 Å². The molecule has 0 heterocycles. The highest BCUT2D eigenvalue weighted by molar-refractivity contribution is 6.04. The molecular weight excluding hydrogens is 228 g/mol. The standard InChI is InChI=1S/C15H22O3/c1-7-18-15(4,5)14(16)12-9-8-10(2)11(3)13(12)17-6/h8-9H,7H2,1-6H3. The molecule has 0 spiro atoms. The minimum absolute atomic E-state index is 0.0516. The van der Waals surface area contributed by atoms with Gasteiger partial charge in [-0.1, -0.05) is 6.07 Å². The van der Waals surface area contributed by atoms with Crippen LogP contribution in [0.15, 0.2) is 12.1 Å². The predicted molar refractivity (Wildman–Crippen MR) is 72.5 cm³/mol. The molecule has 0 aliphatic carbocycles. The van der Waals surface area contributed by atoms with E-state index in [4.69, 9.17) is 9.47 Å². The van der Waals surface area contributed by atoms with Crippen molar-refractivity contribution in [2.45, 2.75) is 40.2 Å². The normalized spacial score (nSPS) is 11.4. The van der Waals surface area contributed by atoms with Crippen LogP contribution in [0.25, 0.3) is 0 Å². The molecule has 0 saturated carbocycles. The monoisotopic (exact) mass is 250 g/mol. The second-order valence-corrected chi connectivity index (χ2v) is 4.86. The lowest BCUT2D eigenvalue weighted by Crippen LogP contribution is -2.35. The molecule has 0 unspecified atom stereocenters. The number of Topliss-reactive ketones (excluding diaryl/α,β-unsaturated/α-hetero) is 1. The highest BCUT2D eigenvalue weighted by atomic mass is 16.5. The van der Waals surface area contributed by atoms with Crippen LogP contribution in [-0.2, 0) is 4.74 Å². The fourth-order valence-electron chi connectivity index (χ4n) is 1.98. The van der Waals surface area contributed by atoms with E-state index < -0.39 is 5.60 Å². The number of carbonyl (C=O) groups is 1. The van der Waals surface area contributed by atoms with E-state index >= 15 is 0 Å². The first kappa shape index (κ1) is 14.7. The van der Waals surface area contributed by atoms with E-state index in [1.165, 1.54) is 0 Å². The molecule has 0 atom stereocenters. The molecule has 0 amide bonds. The molecule has 0 aromatic heterocycles. The zero-order valence-corrected chi connectivity index (χ0v) is 12.1. The van der Waals surface area contributed by atoms with Gasteiger partial charge < -0.3 is 9.47 Å². The average molecular weight is 250 g/mol. The van der Waals surface area contributed by atoms with Crippen molar-refractivity contribution in [3.05, 3.63) is 28.8 Å². The summed E-state index contributed by atoms with van der Waals surface area (Å²) in [6.07, 6.45) is 0. The Balaban J connectivity index is 3.26. The number of ketones is 1. The van der Waals surface area contributed by atoms with E-state index in [0.717, 1.165) is 11.1 Å². The van der Waals surface area contributed by atoms with E-state index in [2.05, 4.69) is 0 Å². The molecule has 0 radical (unpaired) electrons. The molecule has 0 aliphatic rings. The number of aryl methyl sites for hydroxylation is 1. The molecule has 3 nitrogen and oxygen atoms in total. The van der Waals surface area contributed by atoms with Gasteiger partial charge in [0.15, 0.2) is 5.78 Å². The third-order valence-electron chi connectivity index (χ3n) is 3.18. The van der Waals surface area contributed by atoms with Crippen LogP contribution in [0.4, 0.5) is 0 Å². The Labute approximate surface area is 109 Å². The first-order valence-electron chi connectivity index (χ1n) is 6.18. The van der Waals surface area contributed by atoms with Gasteiger partial charge in [-0.25, -0.2) is 0 Å². The van der Waals surface area contributed by atoms with Crippen molar-refractivity contribution in [2.24, 2.45) is 0 Å². The van der Waals surface area contributed by atoms with E-state index in [0.29, 0.717) is 17.9 Å². The molecule has 1 aromatic rings. The lowest BCUT2D eigenvalue weighted by Gasteiger charge is -2.24. The molecule has 0 bridgehead atoms. The molecule has 0 N–H and O–H groups in total. The number of hydrogen-bond donors (Lipinski definition) is 0. The SMILES string of the molecule is CCOC(C)(C)C(=O)c1ccc(C)c(C)c1OC. The number of methoxy groups -OCH3 is 1. The van der Waals surface area contributed by atoms with Gasteiger partial charge in [0.2, 0.25) is 0 Å². The van der Waals surface area contributed by atoms with Crippen LogP contribution in [0.1, 0.15) is 42.3 Å². The summed E-state index contributed by atoms with van der Waals surface area (Å²) < 4.78 is 10.9. The predicted octanol–water partition coefficient (Wildman–Crippen LogP) is 3.31. The third-order valence-corrected chi connectivity index (χ3v) is 3.18. The smallest absolute Gasteiger partial charge is 0.197 e. The van der Waals surface area contributed by atoms with Gasteiger partial charge in [-0.2, -0.15) is 0 Å². The summed E-state index contributed by atoms with van der Waals surface area (Å²) in [6.45, 7) is 9.91. The Morgan fingerprint density at radius 3 is 2.39 bits per heavy atom. The van der Waals surface area contributed by atoms with Crippen LogP contribution in [-0.4, -0.2) is 25.1 Å². The quantitative estimate of drug-likeness (QED) is 0.752. The van der Waals surface area contributed by atoms with Gasteiger partial charge in [0.05, 0.1) is 12.7 Å². The maximum atomic E-state index is 12.5. The van der Waals surface area contributed by atoms with Gasteiger partial charge >= 0.3 is 0 Å². The van der Waals surface area contributed by atoms with Crippen molar-refractivity contribution >= 4 is 5.78 Å². The van der Waals surface area contributed by atoms with Crippen LogP contribution >= 0.6 is 0 Å². The van der Waals surface area contributed by atoms with Crippen molar-refractivity contribution in [1.29, 1.82) is 0 Å². The molecule has 0 aliphatic heterocycles. The Kier molecular flexibility index (Phi) is 4.52. The summed E-state index contributed by atoms with van der Waals surface area (Å²) in [5.41, 5.74) is 1.86. The minimum atomic E-state index is -0.830. The Bertz CT molecular complexity index is 447. The second kappa shape index (κ2) is 5.53. The number of rotatable bonds is 5. The number of carbonyl (C=O) groups excluding carboxylic acids is 1. The van der Waals surface area contributed by atoms with Gasteiger partial charge in [0.1, 0.15) is 11.4 Å². The fourth-order valence-corrected chi connectivity index (χ4v) is 1.98. The van der Waals surface area contributed by atoms with E-state index in [1.807, 2.05) is 32.9 Å². The first-order valence-corrected chi connectivity index (χ1v) is 6.18. The summed E-state index contributed by atoms with van der Waals surface area (Å²) in [5.74, 6) is 0.595. The molecule has 18 heavy (non-hydrogen) atoms. The summed E-state index contributed by atoms with van der Waals surface area (Å²) in [5, 5.41) is 0. The summed E-state index contributed by atoms with van der Waals surface area (Å²) >= 11 is 0. The Hall–Kier alpha value is -1.35. The largest absolute Gasteiger partial charge is 0.496 e. The zero-order valence-electron chi connectivity index (χ0n) is 12.1. The fraction of sp³-hybridized carbons (Fsp3) is 0.533. The highest BCUT2D eigenvalue weighted by Gasteiger charge is 2.31. The van der Waals surface area contributed by atoms with Crippen LogP contribution in [0, 0.1) is 13.8 Å². The first-order chi connectivity index (χ1) is 8.35. The summed E-state index contributed by atoms with van der Waals surface area (Å²) in [7, 11) is 1.59. The van der Waals surface area contributed by atoms with Gasteiger partial charge in [0, 0.05) is 6.61 Å². The van der Waals surface area contributed by atoms with Gasteiger partial charge in [-0.3, -0.25) is 4.79 Å². The summed E-state index contributed by atoms with van der Waals surface area (Å²) in [4.78, 5) is 12.5. The summed E-state index contributed by atoms with van der Waals surface area (Å²) in [6, 6.07) is 3.75. The van der Waals surface area contributed by atoms with E-state index in [1.54, 1.807) is 21.0 Å². The molecule has 100 valence electrons. The molecular formula is C15H22O3. The number of benzene rings is 1. The van der Waals surface area contributed by atoms with Crippen molar-refractivity contribution in [3.8, 4) is 5.75 Å². The van der Waals surface area contributed by atoms with Crippen molar-refractivity contribution in [1.82, 2.24) is 0 Å². The molecule has 3 heteroatoms. The number of ether oxygens (including phenoxy) is 2. The molecule has 1 rings (SSSR count). The molecule has 1 aromatic carbocycles.